The Balaban J connectivity index is 1.75. The molecular weight excluding hydrogens is 364 g/mol. The molecule has 4 rings (SSSR count). The highest BCUT2D eigenvalue weighted by Gasteiger charge is 2.40. The molecule has 1 saturated heterocycles. The summed E-state index contributed by atoms with van der Waals surface area (Å²) in [6, 6.07) is 19.2. The van der Waals surface area contributed by atoms with Crippen molar-refractivity contribution < 1.29 is 0 Å². The van der Waals surface area contributed by atoms with E-state index in [1.165, 1.54) is 22.5 Å². The van der Waals surface area contributed by atoms with Crippen LogP contribution in [0.25, 0.3) is 0 Å². The van der Waals surface area contributed by atoms with Crippen molar-refractivity contribution in [2.45, 2.75) is 39.4 Å². The second kappa shape index (κ2) is 7.76. The van der Waals surface area contributed by atoms with E-state index in [-0.39, 0.29) is 12.1 Å². The molecule has 3 aromatic rings. The average molecular weight is 391 g/mol. The second-order valence-electron chi connectivity index (χ2n) is 7.31. The van der Waals surface area contributed by atoms with E-state index in [1.54, 1.807) is 0 Å². The van der Waals surface area contributed by atoms with Gasteiger partial charge in [-0.25, -0.2) is 0 Å². The summed E-state index contributed by atoms with van der Waals surface area (Å²) in [6.45, 7) is 8.30. The quantitative estimate of drug-likeness (QED) is 0.649. The lowest BCUT2D eigenvalue weighted by Gasteiger charge is -2.27. The van der Waals surface area contributed by atoms with Crippen LogP contribution in [0, 0.1) is 13.8 Å². The Bertz CT molecular complexity index is 965. The molecule has 2 atom stereocenters. The fourth-order valence-corrected chi connectivity index (χ4v) is 4.59. The Morgan fingerprint density at radius 1 is 1.07 bits per heavy atom. The Labute approximate surface area is 172 Å². The first kappa shape index (κ1) is 18.7. The smallest absolute Gasteiger partial charge is 0.170 e. The topological polar surface area (TPSA) is 33.1 Å². The first-order valence-electron chi connectivity index (χ1n) is 9.78. The standard InChI is InChI=1S/C23H26N4S/c1-4-26-22(21(25-23(26)28)20-12-8-9-13-24-20)19-14-16(2)27(17(19)3)15-18-10-6-5-7-11-18/h5-14,21-22H,4,15H2,1-3H3,(H,25,28)/t21-,22-/m1/s1. The van der Waals surface area contributed by atoms with Crippen molar-refractivity contribution in [2.24, 2.45) is 0 Å². The summed E-state index contributed by atoms with van der Waals surface area (Å²) in [7, 11) is 0. The summed E-state index contributed by atoms with van der Waals surface area (Å²) < 4.78 is 2.40. The predicted octanol–water partition coefficient (Wildman–Crippen LogP) is 4.54. The minimum Gasteiger partial charge on any atom is -0.352 e. The summed E-state index contributed by atoms with van der Waals surface area (Å²) >= 11 is 5.66. The molecule has 1 N–H and O–H groups in total. The largest absolute Gasteiger partial charge is 0.352 e. The van der Waals surface area contributed by atoms with Gasteiger partial charge in [0.25, 0.3) is 0 Å². The maximum absolute atomic E-state index is 5.66. The van der Waals surface area contributed by atoms with Gasteiger partial charge in [-0.15, -0.1) is 0 Å². The van der Waals surface area contributed by atoms with Crippen LogP contribution in [-0.4, -0.2) is 26.1 Å². The van der Waals surface area contributed by atoms with Crippen LogP contribution in [0.5, 0.6) is 0 Å². The van der Waals surface area contributed by atoms with Gasteiger partial charge in [-0.05, 0) is 62.3 Å². The molecule has 0 spiro atoms. The Hall–Kier alpha value is -2.66. The fraction of sp³-hybridized carbons (Fsp3) is 0.304. The molecule has 2 aromatic heterocycles. The summed E-state index contributed by atoms with van der Waals surface area (Å²) in [5, 5.41) is 4.31. The maximum Gasteiger partial charge on any atom is 0.170 e. The average Bonchev–Trinajstić information content (AvgIpc) is 3.20. The van der Waals surface area contributed by atoms with Gasteiger partial charge in [0.05, 0.1) is 17.8 Å². The van der Waals surface area contributed by atoms with Crippen molar-refractivity contribution in [2.75, 3.05) is 6.54 Å². The molecule has 144 valence electrons. The zero-order valence-electron chi connectivity index (χ0n) is 16.6. The lowest BCUT2D eigenvalue weighted by Crippen LogP contribution is -2.29. The number of aryl methyl sites for hydroxylation is 1. The lowest BCUT2D eigenvalue weighted by molar-refractivity contribution is 0.329. The van der Waals surface area contributed by atoms with E-state index >= 15 is 0 Å². The van der Waals surface area contributed by atoms with Crippen LogP contribution in [0.15, 0.2) is 60.8 Å². The minimum atomic E-state index is 0.0549. The Morgan fingerprint density at radius 2 is 1.82 bits per heavy atom. The van der Waals surface area contributed by atoms with Crippen molar-refractivity contribution in [3.63, 3.8) is 0 Å². The highest BCUT2D eigenvalue weighted by Crippen LogP contribution is 2.40. The molecule has 0 aliphatic carbocycles. The molecule has 3 heterocycles. The lowest BCUT2D eigenvalue weighted by atomic mass is 9.97. The van der Waals surface area contributed by atoms with Crippen LogP contribution in [0.1, 0.15) is 47.2 Å². The third-order valence-corrected chi connectivity index (χ3v) is 6.01. The van der Waals surface area contributed by atoms with Crippen molar-refractivity contribution in [1.29, 1.82) is 0 Å². The summed E-state index contributed by atoms with van der Waals surface area (Å²) in [5.41, 5.74) is 6.21. The normalized spacial score (nSPS) is 19.1. The number of hydrogen-bond donors (Lipinski definition) is 1. The van der Waals surface area contributed by atoms with Crippen molar-refractivity contribution in [1.82, 2.24) is 19.8 Å². The minimum absolute atomic E-state index is 0.0549. The number of likely N-dealkylation sites (N-methyl/N-ethyl adjacent to an activating group) is 1. The molecule has 0 bridgehead atoms. The Kier molecular flexibility index (Phi) is 5.18. The molecule has 1 fully saturated rings. The van der Waals surface area contributed by atoms with Crippen molar-refractivity contribution in [3.05, 3.63) is 89.0 Å². The summed E-state index contributed by atoms with van der Waals surface area (Å²) in [5.74, 6) is 0. The number of nitrogens with zero attached hydrogens (tertiary/aromatic N) is 3. The van der Waals surface area contributed by atoms with E-state index < -0.39 is 0 Å². The van der Waals surface area contributed by atoms with Crippen LogP contribution < -0.4 is 5.32 Å². The molecular formula is C23H26N4S. The van der Waals surface area contributed by atoms with E-state index in [0.29, 0.717) is 0 Å². The van der Waals surface area contributed by atoms with Gasteiger partial charge in [0.1, 0.15) is 0 Å². The van der Waals surface area contributed by atoms with Gasteiger partial charge < -0.3 is 14.8 Å². The number of hydrogen-bond acceptors (Lipinski definition) is 2. The molecule has 0 unspecified atom stereocenters. The van der Waals surface area contributed by atoms with Gasteiger partial charge in [-0.2, -0.15) is 0 Å². The number of thiocarbonyl (C=S) groups is 1. The third kappa shape index (κ3) is 3.31. The van der Waals surface area contributed by atoms with Gasteiger partial charge in [-0.3, -0.25) is 4.98 Å². The van der Waals surface area contributed by atoms with Crippen LogP contribution >= 0.6 is 12.2 Å². The highest BCUT2D eigenvalue weighted by molar-refractivity contribution is 7.80. The molecule has 1 aromatic carbocycles. The molecule has 4 nitrogen and oxygen atoms in total. The zero-order valence-corrected chi connectivity index (χ0v) is 17.4. The fourth-order valence-electron chi connectivity index (χ4n) is 4.22. The van der Waals surface area contributed by atoms with Gasteiger partial charge in [0.2, 0.25) is 0 Å². The van der Waals surface area contributed by atoms with E-state index in [2.05, 4.69) is 83.0 Å². The molecule has 0 radical (unpaired) electrons. The number of nitrogens with one attached hydrogen (secondary N) is 1. The summed E-state index contributed by atoms with van der Waals surface area (Å²) in [6.07, 6.45) is 1.85. The van der Waals surface area contributed by atoms with E-state index in [0.717, 1.165) is 23.9 Å². The van der Waals surface area contributed by atoms with Crippen LogP contribution in [-0.2, 0) is 6.54 Å². The first-order valence-corrected chi connectivity index (χ1v) is 10.2. The van der Waals surface area contributed by atoms with Crippen molar-refractivity contribution in [3.8, 4) is 0 Å². The monoisotopic (exact) mass is 390 g/mol. The summed E-state index contributed by atoms with van der Waals surface area (Å²) in [4.78, 5) is 6.89. The van der Waals surface area contributed by atoms with E-state index in [4.69, 9.17) is 12.2 Å². The van der Waals surface area contributed by atoms with E-state index in [9.17, 15) is 0 Å². The molecule has 5 heteroatoms. The van der Waals surface area contributed by atoms with Crippen LogP contribution in [0.4, 0.5) is 0 Å². The third-order valence-electron chi connectivity index (χ3n) is 5.65. The Morgan fingerprint density at radius 3 is 2.50 bits per heavy atom. The van der Waals surface area contributed by atoms with E-state index in [1.807, 2.05) is 18.3 Å². The molecule has 1 aliphatic rings. The second-order valence-corrected chi connectivity index (χ2v) is 7.70. The highest BCUT2D eigenvalue weighted by atomic mass is 32.1. The molecule has 0 saturated carbocycles. The van der Waals surface area contributed by atoms with Gasteiger partial charge in [-0.1, -0.05) is 36.4 Å². The number of pyridine rings is 1. The molecule has 28 heavy (non-hydrogen) atoms. The SMILES string of the molecule is CCN1C(=S)N[C@H](c2ccccn2)[C@H]1c1cc(C)n(Cc2ccccc2)c1C. The molecule has 0 amide bonds. The van der Waals surface area contributed by atoms with Crippen molar-refractivity contribution >= 4 is 17.3 Å². The van der Waals surface area contributed by atoms with Gasteiger partial charge in [0.15, 0.2) is 5.11 Å². The van der Waals surface area contributed by atoms with Gasteiger partial charge in [0, 0.05) is 30.7 Å². The maximum atomic E-state index is 5.66. The number of benzene rings is 1. The van der Waals surface area contributed by atoms with Crippen LogP contribution in [0.3, 0.4) is 0 Å². The predicted molar refractivity (Wildman–Crippen MR) is 117 cm³/mol. The molecule has 1 aliphatic heterocycles. The number of aromatic nitrogens is 2. The number of rotatable bonds is 5. The van der Waals surface area contributed by atoms with Crippen LogP contribution in [0.2, 0.25) is 0 Å². The first-order chi connectivity index (χ1) is 13.6. The zero-order chi connectivity index (χ0) is 19.7. The van der Waals surface area contributed by atoms with Gasteiger partial charge >= 0.3 is 0 Å².